The minimum absolute atomic E-state index is 0.0359. The molecule has 0 aliphatic carbocycles. The fraction of sp³-hybridized carbons (Fsp3) is 0.333. The summed E-state index contributed by atoms with van der Waals surface area (Å²) in [4.78, 5) is 26.3. The van der Waals surface area contributed by atoms with Crippen molar-refractivity contribution < 1.29 is 9.59 Å². The van der Waals surface area contributed by atoms with E-state index in [1.54, 1.807) is 17.0 Å². The van der Waals surface area contributed by atoms with Crippen molar-refractivity contribution >= 4 is 29.1 Å². The zero-order valence-electron chi connectivity index (χ0n) is 15.7. The lowest BCUT2D eigenvalue weighted by molar-refractivity contribution is -0.121. The maximum absolute atomic E-state index is 13.0. The molecular formula is C21H25ClN2O2. The number of rotatable bonds is 6. The first-order chi connectivity index (χ1) is 12.3. The van der Waals surface area contributed by atoms with Crippen molar-refractivity contribution in [2.45, 2.75) is 40.2 Å². The van der Waals surface area contributed by atoms with Gasteiger partial charge in [0.05, 0.1) is 12.5 Å². The molecule has 0 aliphatic rings. The number of nitrogens with zero attached hydrogens (tertiary/aromatic N) is 1. The van der Waals surface area contributed by atoms with Crippen molar-refractivity contribution in [3.8, 4) is 0 Å². The SMILES string of the molecule is CCN(C(=O)CC(NC(C)=O)c1ccc(Cl)cc1)c1cc(C)cc(C)c1. The molecule has 138 valence electrons. The Bertz CT molecular complexity index is 767. The number of benzene rings is 2. The first-order valence-electron chi connectivity index (χ1n) is 8.71. The van der Waals surface area contributed by atoms with Crippen LogP contribution in [-0.4, -0.2) is 18.4 Å². The predicted molar refractivity (Wildman–Crippen MR) is 107 cm³/mol. The summed E-state index contributed by atoms with van der Waals surface area (Å²) in [5.74, 6) is -0.210. The maximum Gasteiger partial charge on any atom is 0.229 e. The van der Waals surface area contributed by atoms with Gasteiger partial charge in [0.1, 0.15) is 0 Å². The van der Waals surface area contributed by atoms with Crippen LogP contribution in [0.1, 0.15) is 43.0 Å². The zero-order chi connectivity index (χ0) is 19.3. The van der Waals surface area contributed by atoms with Crippen molar-refractivity contribution in [3.05, 3.63) is 64.2 Å². The number of amides is 2. The first kappa shape index (κ1) is 20.0. The van der Waals surface area contributed by atoms with E-state index >= 15 is 0 Å². The van der Waals surface area contributed by atoms with E-state index in [9.17, 15) is 9.59 Å². The van der Waals surface area contributed by atoms with Crippen molar-refractivity contribution in [1.82, 2.24) is 5.32 Å². The molecule has 0 heterocycles. The van der Waals surface area contributed by atoms with E-state index in [-0.39, 0.29) is 18.2 Å². The quantitative estimate of drug-likeness (QED) is 0.806. The van der Waals surface area contributed by atoms with Crippen LogP contribution < -0.4 is 10.2 Å². The summed E-state index contributed by atoms with van der Waals surface area (Å²) < 4.78 is 0. The van der Waals surface area contributed by atoms with E-state index in [1.807, 2.05) is 45.0 Å². The largest absolute Gasteiger partial charge is 0.349 e. The van der Waals surface area contributed by atoms with E-state index < -0.39 is 6.04 Å². The molecule has 1 atom stereocenters. The molecule has 0 fully saturated rings. The highest BCUT2D eigenvalue weighted by Crippen LogP contribution is 2.24. The van der Waals surface area contributed by atoms with Gasteiger partial charge >= 0.3 is 0 Å². The number of aryl methyl sites for hydroxylation is 2. The maximum atomic E-state index is 13.0. The normalized spacial score (nSPS) is 11.7. The molecule has 2 amide bonds. The molecule has 0 aromatic heterocycles. The molecule has 26 heavy (non-hydrogen) atoms. The molecule has 5 heteroatoms. The van der Waals surface area contributed by atoms with Crippen molar-refractivity contribution in [1.29, 1.82) is 0 Å². The fourth-order valence-corrected chi connectivity index (χ4v) is 3.21. The second-order valence-corrected chi connectivity index (χ2v) is 6.93. The van der Waals surface area contributed by atoms with Gasteiger partial charge in [0, 0.05) is 24.2 Å². The van der Waals surface area contributed by atoms with Crippen LogP contribution in [0.4, 0.5) is 5.69 Å². The second kappa shape index (κ2) is 8.86. The molecule has 1 N–H and O–H groups in total. The lowest BCUT2D eigenvalue weighted by Crippen LogP contribution is -2.36. The number of hydrogen-bond donors (Lipinski definition) is 1. The van der Waals surface area contributed by atoms with Crippen LogP contribution in [0, 0.1) is 13.8 Å². The number of anilines is 1. The van der Waals surface area contributed by atoms with Crippen molar-refractivity contribution in [3.63, 3.8) is 0 Å². The van der Waals surface area contributed by atoms with E-state index in [1.165, 1.54) is 6.92 Å². The van der Waals surface area contributed by atoms with Crippen molar-refractivity contribution in [2.24, 2.45) is 0 Å². The van der Waals surface area contributed by atoms with Crippen LogP contribution in [-0.2, 0) is 9.59 Å². The fourth-order valence-electron chi connectivity index (χ4n) is 3.09. The second-order valence-electron chi connectivity index (χ2n) is 6.49. The van der Waals surface area contributed by atoms with Gasteiger partial charge in [-0.25, -0.2) is 0 Å². The molecule has 2 rings (SSSR count). The van der Waals surface area contributed by atoms with Gasteiger partial charge in [-0.05, 0) is 61.7 Å². The minimum atomic E-state index is -0.391. The Labute approximate surface area is 160 Å². The third-order valence-electron chi connectivity index (χ3n) is 4.16. The van der Waals surface area contributed by atoms with Crippen LogP contribution in [0.25, 0.3) is 0 Å². The lowest BCUT2D eigenvalue weighted by atomic mass is 10.0. The van der Waals surface area contributed by atoms with E-state index in [4.69, 9.17) is 11.6 Å². The molecule has 0 saturated carbocycles. The third kappa shape index (κ3) is 5.33. The predicted octanol–water partition coefficient (Wildman–Crippen LogP) is 4.58. The topological polar surface area (TPSA) is 49.4 Å². The Balaban J connectivity index is 2.26. The molecule has 2 aromatic carbocycles. The van der Waals surface area contributed by atoms with Crippen LogP contribution >= 0.6 is 11.6 Å². The number of halogens is 1. The van der Waals surface area contributed by atoms with Gasteiger partial charge in [-0.2, -0.15) is 0 Å². The monoisotopic (exact) mass is 372 g/mol. The van der Waals surface area contributed by atoms with Gasteiger partial charge in [-0.15, -0.1) is 0 Å². The highest BCUT2D eigenvalue weighted by atomic mass is 35.5. The molecule has 0 spiro atoms. The van der Waals surface area contributed by atoms with Gasteiger partial charge < -0.3 is 10.2 Å². The summed E-state index contributed by atoms with van der Waals surface area (Å²) in [5, 5.41) is 3.49. The number of hydrogen-bond acceptors (Lipinski definition) is 2. The van der Waals surface area contributed by atoms with Gasteiger partial charge in [0.15, 0.2) is 0 Å². The number of carbonyl (C=O) groups is 2. The molecule has 0 aliphatic heterocycles. The Kier molecular flexibility index (Phi) is 6.81. The van der Waals surface area contributed by atoms with Gasteiger partial charge in [-0.1, -0.05) is 29.8 Å². The van der Waals surface area contributed by atoms with Gasteiger partial charge in [0.25, 0.3) is 0 Å². The summed E-state index contributed by atoms with van der Waals surface area (Å²) in [6.45, 7) is 8.00. The minimum Gasteiger partial charge on any atom is -0.349 e. The summed E-state index contributed by atoms with van der Waals surface area (Å²) in [6, 6.07) is 12.9. The zero-order valence-corrected chi connectivity index (χ0v) is 16.4. The third-order valence-corrected chi connectivity index (χ3v) is 4.42. The van der Waals surface area contributed by atoms with Crippen molar-refractivity contribution in [2.75, 3.05) is 11.4 Å². The average Bonchev–Trinajstić information content (AvgIpc) is 2.54. The molecule has 1 unspecified atom stereocenters. The first-order valence-corrected chi connectivity index (χ1v) is 9.09. The average molecular weight is 373 g/mol. The van der Waals surface area contributed by atoms with E-state index in [2.05, 4.69) is 11.4 Å². The molecular weight excluding hydrogens is 348 g/mol. The Morgan fingerprint density at radius 2 is 1.65 bits per heavy atom. The van der Waals surface area contributed by atoms with Crippen LogP contribution in [0.2, 0.25) is 5.02 Å². The highest BCUT2D eigenvalue weighted by molar-refractivity contribution is 6.30. The Hall–Kier alpha value is -2.33. The molecule has 0 bridgehead atoms. The summed E-state index contributed by atoms with van der Waals surface area (Å²) >= 11 is 5.95. The summed E-state index contributed by atoms with van der Waals surface area (Å²) in [5.41, 5.74) is 3.96. The molecule has 4 nitrogen and oxygen atoms in total. The van der Waals surface area contributed by atoms with Crippen LogP contribution in [0.5, 0.6) is 0 Å². The summed E-state index contributed by atoms with van der Waals surface area (Å²) in [7, 11) is 0. The lowest BCUT2D eigenvalue weighted by Gasteiger charge is -2.25. The van der Waals surface area contributed by atoms with E-state index in [0.29, 0.717) is 11.6 Å². The van der Waals surface area contributed by atoms with Gasteiger partial charge in [-0.3, -0.25) is 9.59 Å². The van der Waals surface area contributed by atoms with Crippen LogP contribution in [0.3, 0.4) is 0 Å². The standard InChI is InChI=1S/C21H25ClN2O2/c1-5-24(19-11-14(2)10-15(3)12-19)21(26)13-20(23-16(4)25)17-6-8-18(22)9-7-17/h6-12,20H,5,13H2,1-4H3,(H,23,25). The smallest absolute Gasteiger partial charge is 0.229 e. The van der Waals surface area contributed by atoms with Crippen LogP contribution in [0.15, 0.2) is 42.5 Å². The Morgan fingerprint density at radius 1 is 1.08 bits per heavy atom. The Morgan fingerprint density at radius 3 is 2.15 bits per heavy atom. The summed E-state index contributed by atoms with van der Waals surface area (Å²) in [6.07, 6.45) is 0.183. The molecule has 2 aromatic rings. The highest BCUT2D eigenvalue weighted by Gasteiger charge is 2.22. The van der Waals surface area contributed by atoms with Gasteiger partial charge in [0.2, 0.25) is 11.8 Å². The van der Waals surface area contributed by atoms with E-state index in [0.717, 1.165) is 22.4 Å². The molecule has 0 saturated heterocycles. The molecule has 0 radical (unpaired) electrons. The number of carbonyl (C=O) groups excluding carboxylic acids is 2. The number of nitrogens with one attached hydrogen (secondary N) is 1.